The molecule has 0 radical (unpaired) electrons. The molecule has 3 amide bonds. The molecule has 3 atom stereocenters. The van der Waals surface area contributed by atoms with Gasteiger partial charge in [-0.15, -0.1) is 0 Å². The number of amides is 3. The Kier molecular flexibility index (Phi) is 10.2. The molecule has 0 saturated carbocycles. The lowest BCUT2D eigenvalue weighted by atomic mass is 10.0. The third kappa shape index (κ3) is 7.91. The fourth-order valence-corrected chi connectivity index (χ4v) is 6.47. The average Bonchev–Trinajstić information content (AvgIpc) is 3.35. The fourth-order valence-electron chi connectivity index (χ4n) is 5.09. The molecule has 250 valence electrons. The maximum absolute atomic E-state index is 13.5. The molecular weight excluding hydrogens is 631 g/mol. The number of anilines is 2. The van der Waals surface area contributed by atoms with Crippen molar-refractivity contribution >= 4 is 33.3 Å². The van der Waals surface area contributed by atoms with Gasteiger partial charge in [-0.1, -0.05) is 12.1 Å². The number of sulfonamides is 1. The second kappa shape index (κ2) is 13.6. The first-order valence-electron chi connectivity index (χ1n) is 14.3. The van der Waals surface area contributed by atoms with E-state index < -0.39 is 39.9 Å². The van der Waals surface area contributed by atoms with Crippen LogP contribution in [0.15, 0.2) is 51.9 Å². The summed E-state index contributed by atoms with van der Waals surface area (Å²) in [5.74, 6) is -0.273. The monoisotopic (exact) mass is 667 g/mol. The lowest BCUT2D eigenvalue weighted by molar-refractivity contribution is -0.137. The Morgan fingerprint density at radius 2 is 1.83 bits per heavy atom. The van der Waals surface area contributed by atoms with Crippen molar-refractivity contribution in [2.75, 3.05) is 36.8 Å². The highest BCUT2D eigenvalue weighted by molar-refractivity contribution is 7.92. The minimum atomic E-state index is -4.51. The second-order valence-electron chi connectivity index (χ2n) is 11.4. The smallest absolute Gasteiger partial charge is 0.416 e. The lowest BCUT2D eigenvalue weighted by Crippen LogP contribution is -2.48. The van der Waals surface area contributed by atoms with Gasteiger partial charge < -0.3 is 29.5 Å². The van der Waals surface area contributed by atoms with Gasteiger partial charge in [-0.25, -0.2) is 13.2 Å². The zero-order valence-corrected chi connectivity index (χ0v) is 26.7. The Morgan fingerprint density at radius 1 is 1.17 bits per heavy atom. The molecule has 2 aromatic carbocycles. The Hall–Kier alpha value is -4.31. The van der Waals surface area contributed by atoms with Gasteiger partial charge in [0.1, 0.15) is 17.5 Å². The van der Waals surface area contributed by atoms with Crippen LogP contribution < -0.4 is 14.8 Å². The lowest BCUT2D eigenvalue weighted by Gasteiger charge is -2.34. The summed E-state index contributed by atoms with van der Waals surface area (Å²) in [6.07, 6.45) is -5.36. The minimum Gasteiger partial charge on any atom is -0.488 e. The summed E-state index contributed by atoms with van der Waals surface area (Å²) in [6.45, 7) is 6.39. The van der Waals surface area contributed by atoms with Crippen LogP contribution in [0.5, 0.6) is 5.75 Å². The fraction of sp³-hybridized carbons (Fsp3) is 0.433. The summed E-state index contributed by atoms with van der Waals surface area (Å²) < 4.78 is 78.9. The zero-order valence-electron chi connectivity index (χ0n) is 25.9. The number of halogens is 3. The first kappa shape index (κ1) is 34.6. The van der Waals surface area contributed by atoms with Crippen molar-refractivity contribution in [3.05, 3.63) is 65.0 Å². The Balaban J connectivity index is 1.60. The first-order valence-corrected chi connectivity index (χ1v) is 15.8. The number of urea groups is 1. The van der Waals surface area contributed by atoms with Crippen LogP contribution in [0, 0.1) is 19.8 Å². The first-order chi connectivity index (χ1) is 21.5. The maximum atomic E-state index is 13.5. The van der Waals surface area contributed by atoms with Gasteiger partial charge >= 0.3 is 12.2 Å². The van der Waals surface area contributed by atoms with Crippen LogP contribution >= 0.6 is 0 Å². The zero-order chi connectivity index (χ0) is 34.0. The number of benzene rings is 2. The predicted molar refractivity (Wildman–Crippen MR) is 162 cm³/mol. The number of nitrogens with one attached hydrogen (secondary N) is 2. The summed E-state index contributed by atoms with van der Waals surface area (Å²) in [5, 5.41) is 16.1. The average molecular weight is 668 g/mol. The third-order valence-electron chi connectivity index (χ3n) is 7.67. The van der Waals surface area contributed by atoms with Crippen LogP contribution in [-0.2, 0) is 27.4 Å². The number of nitrogens with zero attached hydrogens (tertiary/aromatic N) is 3. The number of aryl methyl sites for hydroxylation is 2. The van der Waals surface area contributed by atoms with Gasteiger partial charge in [-0.05, 0) is 63.2 Å². The number of carbonyl (C=O) groups is 2. The number of likely N-dealkylation sites (N-methyl/N-ethyl adjacent to an activating group) is 1. The van der Waals surface area contributed by atoms with Crippen LogP contribution in [0.3, 0.4) is 0 Å². The third-order valence-corrected chi connectivity index (χ3v) is 9.29. The van der Waals surface area contributed by atoms with E-state index in [0.29, 0.717) is 11.3 Å². The van der Waals surface area contributed by atoms with Gasteiger partial charge in [0.2, 0.25) is 5.91 Å². The van der Waals surface area contributed by atoms with E-state index in [-0.39, 0.29) is 65.7 Å². The summed E-state index contributed by atoms with van der Waals surface area (Å²) in [5.41, 5.74) is 0.0342. The molecule has 0 aliphatic carbocycles. The Morgan fingerprint density at radius 3 is 2.41 bits per heavy atom. The second-order valence-corrected chi connectivity index (χ2v) is 13.0. The molecular formula is C30H36F3N5O7S. The summed E-state index contributed by atoms with van der Waals surface area (Å²) in [7, 11) is -2.59. The van der Waals surface area contributed by atoms with Gasteiger partial charge in [0, 0.05) is 36.4 Å². The molecule has 1 aromatic heterocycles. The number of hydrogen-bond acceptors (Lipinski definition) is 8. The number of hydrogen-bond donors (Lipinski definition) is 3. The van der Waals surface area contributed by atoms with Crippen molar-refractivity contribution in [1.82, 2.24) is 15.0 Å². The molecule has 0 saturated heterocycles. The minimum absolute atomic E-state index is 0.0169. The largest absolute Gasteiger partial charge is 0.488 e. The van der Waals surface area contributed by atoms with Gasteiger partial charge in [-0.2, -0.15) is 13.2 Å². The quantitative estimate of drug-likeness (QED) is 0.319. The van der Waals surface area contributed by atoms with Crippen molar-refractivity contribution in [3.63, 3.8) is 0 Å². The van der Waals surface area contributed by atoms with E-state index in [1.165, 1.54) is 48.9 Å². The van der Waals surface area contributed by atoms with Crippen LogP contribution in [-0.4, -0.2) is 79.3 Å². The van der Waals surface area contributed by atoms with E-state index in [2.05, 4.69) is 15.2 Å². The Labute approximate surface area is 264 Å². The molecule has 0 unspecified atom stereocenters. The van der Waals surface area contributed by atoms with Crippen molar-refractivity contribution in [2.45, 2.75) is 57.3 Å². The number of aliphatic hydroxyl groups excluding tert-OH is 1. The number of fused-ring (bicyclic) bond motifs is 1. The number of alkyl halides is 3. The molecule has 3 N–H and O–H groups in total. The molecule has 1 aliphatic heterocycles. The number of aromatic nitrogens is 1. The maximum Gasteiger partial charge on any atom is 0.416 e. The van der Waals surface area contributed by atoms with Crippen LogP contribution in [0.2, 0.25) is 0 Å². The highest BCUT2D eigenvalue weighted by Crippen LogP contribution is 2.32. The Bertz CT molecular complexity index is 1660. The molecule has 0 spiro atoms. The topological polar surface area (TPSA) is 154 Å². The molecule has 1 aliphatic rings. The van der Waals surface area contributed by atoms with Crippen LogP contribution in [0.4, 0.5) is 29.3 Å². The molecule has 12 nitrogen and oxygen atoms in total. The standard InChI is InChI=1S/C30H36F3N5O7S/c1-17-14-38(18(2)16-39)27(40)13-21-12-24(36-46(42,43)28-19(3)35-45-20(28)4)10-11-25(21)44-26(17)15-37(5)29(41)34-23-8-6-22(7-9-23)30(31,32)33/h6-12,17-18,26,36,39H,13-16H2,1-5H3,(H,34,41)/t17-,18+,26-/m0/s1. The van der Waals surface area contributed by atoms with E-state index in [0.717, 1.165) is 24.3 Å². The number of rotatable bonds is 8. The van der Waals surface area contributed by atoms with E-state index in [9.17, 15) is 36.3 Å². The van der Waals surface area contributed by atoms with E-state index in [1.54, 1.807) is 6.92 Å². The predicted octanol–water partition coefficient (Wildman–Crippen LogP) is 4.42. The molecule has 0 fully saturated rings. The van der Waals surface area contributed by atoms with Crippen molar-refractivity contribution in [1.29, 1.82) is 0 Å². The molecule has 0 bridgehead atoms. The van der Waals surface area contributed by atoms with Gasteiger partial charge in [0.05, 0.1) is 31.2 Å². The number of ether oxygens (including phenoxy) is 1. The molecule has 3 aromatic rings. The van der Waals surface area contributed by atoms with Gasteiger partial charge in [-0.3, -0.25) is 9.52 Å². The van der Waals surface area contributed by atoms with Crippen molar-refractivity contribution in [3.8, 4) is 5.75 Å². The summed E-state index contributed by atoms with van der Waals surface area (Å²) >= 11 is 0. The normalized spacial score (nSPS) is 18.0. The number of carbonyl (C=O) groups excluding carboxylic acids is 2. The van der Waals surface area contributed by atoms with Gasteiger partial charge in [0.15, 0.2) is 10.7 Å². The molecule has 2 heterocycles. The highest BCUT2D eigenvalue weighted by atomic mass is 32.2. The summed E-state index contributed by atoms with van der Waals surface area (Å²) in [4.78, 5) is 29.2. The van der Waals surface area contributed by atoms with E-state index in [4.69, 9.17) is 9.26 Å². The van der Waals surface area contributed by atoms with Crippen LogP contribution in [0.1, 0.15) is 36.4 Å². The SMILES string of the molecule is Cc1noc(C)c1S(=O)(=O)Nc1ccc2c(c1)CC(=O)N([C@H](C)CO)C[C@H](C)[C@H](CN(C)C(=O)Nc1ccc(C(F)(F)F)cc1)O2. The van der Waals surface area contributed by atoms with E-state index >= 15 is 0 Å². The molecule has 16 heteroatoms. The highest BCUT2D eigenvalue weighted by Gasteiger charge is 2.33. The van der Waals surface area contributed by atoms with Gasteiger partial charge in [0.25, 0.3) is 10.0 Å². The van der Waals surface area contributed by atoms with Crippen LogP contribution in [0.25, 0.3) is 0 Å². The number of aliphatic hydroxyl groups is 1. The van der Waals surface area contributed by atoms with Crippen molar-refractivity contribution < 1.29 is 45.5 Å². The molecule has 46 heavy (non-hydrogen) atoms. The molecule has 4 rings (SSSR count). The van der Waals surface area contributed by atoms with Crippen molar-refractivity contribution in [2.24, 2.45) is 5.92 Å². The summed E-state index contributed by atoms with van der Waals surface area (Å²) in [6, 6.07) is 7.39. The van der Waals surface area contributed by atoms with E-state index in [1.807, 2.05) is 6.92 Å².